The molecule has 0 bridgehead atoms. The molecule has 1 aromatic carbocycles. The van der Waals surface area contributed by atoms with Gasteiger partial charge in [0.15, 0.2) is 0 Å². The zero-order chi connectivity index (χ0) is 13.8. The highest BCUT2D eigenvalue weighted by atomic mass is 16.2. The van der Waals surface area contributed by atoms with E-state index in [-0.39, 0.29) is 11.8 Å². The van der Waals surface area contributed by atoms with Gasteiger partial charge in [-0.05, 0) is 23.5 Å². The number of carbonyl (C=O) groups excluding carboxylic acids is 1. The van der Waals surface area contributed by atoms with E-state index in [1.807, 2.05) is 23.1 Å². The van der Waals surface area contributed by atoms with E-state index in [2.05, 4.69) is 26.0 Å². The number of hydrogen-bond acceptors (Lipinski definition) is 2. The van der Waals surface area contributed by atoms with Crippen molar-refractivity contribution in [3.63, 3.8) is 0 Å². The van der Waals surface area contributed by atoms with Gasteiger partial charge >= 0.3 is 0 Å². The summed E-state index contributed by atoms with van der Waals surface area (Å²) in [5, 5.41) is 8.71. The molecule has 3 heteroatoms. The second-order valence-corrected chi connectivity index (χ2v) is 5.54. The number of fused-ring (bicyclic) bond motifs is 1. The van der Waals surface area contributed by atoms with Crippen LogP contribution in [0.1, 0.15) is 37.3 Å². The Balaban J connectivity index is 2.07. The summed E-state index contributed by atoms with van der Waals surface area (Å²) in [5.41, 5.74) is 2.45. The Labute approximate surface area is 114 Å². The molecule has 0 aliphatic heterocycles. The number of hydrogen-bond donors (Lipinski definition) is 0. The molecule has 0 fully saturated rings. The van der Waals surface area contributed by atoms with Crippen LogP contribution in [0.3, 0.4) is 0 Å². The maximum absolute atomic E-state index is 12.5. The minimum atomic E-state index is 0.00800. The molecule has 1 amide bonds. The topological polar surface area (TPSA) is 44.1 Å². The highest BCUT2D eigenvalue weighted by Gasteiger charge is 2.34. The minimum absolute atomic E-state index is 0.00800. The smallest absolute Gasteiger partial charge is 0.230 e. The van der Waals surface area contributed by atoms with Crippen LogP contribution in [0.25, 0.3) is 0 Å². The lowest BCUT2D eigenvalue weighted by Crippen LogP contribution is -2.41. The number of nitriles is 1. The average molecular weight is 256 g/mol. The van der Waals surface area contributed by atoms with Gasteiger partial charge in [0.1, 0.15) is 0 Å². The summed E-state index contributed by atoms with van der Waals surface area (Å²) in [6.07, 6.45) is 1.25. The van der Waals surface area contributed by atoms with Gasteiger partial charge in [-0.25, -0.2) is 0 Å². The molecule has 1 atom stereocenters. The first kappa shape index (κ1) is 13.6. The van der Waals surface area contributed by atoms with Gasteiger partial charge in [-0.2, -0.15) is 5.26 Å². The van der Waals surface area contributed by atoms with Crippen LogP contribution in [0, 0.1) is 17.2 Å². The molecule has 3 nitrogen and oxygen atoms in total. The summed E-state index contributed by atoms with van der Waals surface area (Å²) in [7, 11) is 0. The lowest BCUT2D eigenvalue weighted by Gasteiger charge is -2.34. The van der Waals surface area contributed by atoms with E-state index in [0.717, 1.165) is 13.0 Å². The monoisotopic (exact) mass is 256 g/mol. The first-order chi connectivity index (χ1) is 9.13. The van der Waals surface area contributed by atoms with Crippen molar-refractivity contribution in [2.24, 2.45) is 5.92 Å². The number of amides is 1. The second kappa shape index (κ2) is 5.88. The molecule has 100 valence electrons. The molecule has 1 aromatic rings. The van der Waals surface area contributed by atoms with Gasteiger partial charge in [-0.15, -0.1) is 0 Å². The Morgan fingerprint density at radius 1 is 1.47 bits per heavy atom. The third-order valence-electron chi connectivity index (χ3n) is 3.54. The fourth-order valence-corrected chi connectivity index (χ4v) is 2.62. The van der Waals surface area contributed by atoms with Crippen molar-refractivity contribution in [3.05, 3.63) is 35.4 Å². The fourth-order valence-electron chi connectivity index (χ4n) is 2.62. The van der Waals surface area contributed by atoms with Gasteiger partial charge in [0.05, 0.1) is 18.4 Å². The van der Waals surface area contributed by atoms with Crippen molar-refractivity contribution in [1.29, 1.82) is 5.26 Å². The molecule has 0 radical (unpaired) electrons. The number of nitrogens with zero attached hydrogens (tertiary/aromatic N) is 2. The van der Waals surface area contributed by atoms with E-state index in [0.29, 0.717) is 18.9 Å². The quantitative estimate of drug-likeness (QED) is 0.813. The van der Waals surface area contributed by atoms with Crippen LogP contribution >= 0.6 is 0 Å². The van der Waals surface area contributed by atoms with Crippen LogP contribution in [0.15, 0.2) is 24.3 Å². The summed E-state index contributed by atoms with van der Waals surface area (Å²) >= 11 is 0. The van der Waals surface area contributed by atoms with Gasteiger partial charge in [-0.1, -0.05) is 38.1 Å². The highest BCUT2D eigenvalue weighted by Crippen LogP contribution is 2.36. The largest absolute Gasteiger partial charge is 0.341 e. The van der Waals surface area contributed by atoms with Crippen LogP contribution in [0.2, 0.25) is 0 Å². The summed E-state index contributed by atoms with van der Waals surface area (Å²) in [6.45, 7) is 5.48. The maximum atomic E-state index is 12.5. The average Bonchev–Trinajstić information content (AvgIpc) is 2.35. The molecule has 2 rings (SSSR count). The Bertz CT molecular complexity index is 502. The van der Waals surface area contributed by atoms with Gasteiger partial charge in [0, 0.05) is 13.1 Å². The van der Waals surface area contributed by atoms with Gasteiger partial charge in [-0.3, -0.25) is 4.79 Å². The third-order valence-corrected chi connectivity index (χ3v) is 3.54. The van der Waals surface area contributed by atoms with Crippen molar-refractivity contribution in [3.8, 4) is 6.07 Å². The lowest BCUT2D eigenvalue weighted by molar-refractivity contribution is -0.133. The van der Waals surface area contributed by atoms with Gasteiger partial charge < -0.3 is 4.90 Å². The van der Waals surface area contributed by atoms with Crippen molar-refractivity contribution < 1.29 is 4.79 Å². The molecule has 1 aliphatic carbocycles. The molecule has 1 aliphatic rings. The normalized spacial score (nSPS) is 16.4. The zero-order valence-electron chi connectivity index (χ0n) is 11.6. The summed E-state index contributed by atoms with van der Waals surface area (Å²) < 4.78 is 0. The summed E-state index contributed by atoms with van der Waals surface area (Å²) in [5.74, 6) is 0.620. The first-order valence-corrected chi connectivity index (χ1v) is 6.87. The predicted molar refractivity (Wildman–Crippen MR) is 74.5 cm³/mol. The summed E-state index contributed by atoms with van der Waals surface area (Å²) in [4.78, 5) is 14.4. The Morgan fingerprint density at radius 2 is 2.21 bits per heavy atom. The van der Waals surface area contributed by atoms with Crippen LogP contribution in [-0.2, 0) is 11.2 Å². The predicted octanol–water partition coefficient (Wildman–Crippen LogP) is 2.72. The van der Waals surface area contributed by atoms with Crippen LogP contribution in [0.4, 0.5) is 0 Å². The van der Waals surface area contributed by atoms with Crippen molar-refractivity contribution in [1.82, 2.24) is 4.90 Å². The maximum Gasteiger partial charge on any atom is 0.230 e. The number of rotatable bonds is 5. The minimum Gasteiger partial charge on any atom is -0.341 e. The Hall–Kier alpha value is -1.82. The van der Waals surface area contributed by atoms with E-state index in [4.69, 9.17) is 5.26 Å². The van der Waals surface area contributed by atoms with Crippen molar-refractivity contribution in [2.45, 2.75) is 32.6 Å². The first-order valence-electron chi connectivity index (χ1n) is 6.87. The van der Waals surface area contributed by atoms with Crippen LogP contribution in [0.5, 0.6) is 0 Å². The lowest BCUT2D eigenvalue weighted by atomic mass is 9.76. The van der Waals surface area contributed by atoms with E-state index in [9.17, 15) is 4.79 Å². The summed E-state index contributed by atoms with van der Waals surface area (Å²) in [6, 6.07) is 10.3. The Kier molecular flexibility index (Phi) is 4.21. The van der Waals surface area contributed by atoms with E-state index in [1.165, 1.54) is 11.1 Å². The number of carbonyl (C=O) groups is 1. The molecule has 0 N–H and O–H groups in total. The van der Waals surface area contributed by atoms with Crippen molar-refractivity contribution in [2.75, 3.05) is 13.1 Å². The van der Waals surface area contributed by atoms with E-state index in [1.54, 1.807) is 0 Å². The molecular weight excluding hydrogens is 236 g/mol. The zero-order valence-corrected chi connectivity index (χ0v) is 11.6. The standard InChI is InChI=1S/C16H20N2O/c1-12(2)11-18(9-5-8-17)16(19)15-10-13-6-3-4-7-14(13)15/h3-4,6-7,12,15H,5,9-11H2,1-2H3. The molecule has 0 aromatic heterocycles. The highest BCUT2D eigenvalue weighted by molar-refractivity contribution is 5.87. The molecule has 0 saturated heterocycles. The van der Waals surface area contributed by atoms with Gasteiger partial charge in [0.25, 0.3) is 0 Å². The fraction of sp³-hybridized carbons (Fsp3) is 0.500. The van der Waals surface area contributed by atoms with Crippen LogP contribution < -0.4 is 0 Å². The van der Waals surface area contributed by atoms with Crippen molar-refractivity contribution >= 4 is 5.91 Å². The van der Waals surface area contributed by atoms with Gasteiger partial charge in [0.2, 0.25) is 5.91 Å². The molecule has 0 heterocycles. The third kappa shape index (κ3) is 2.96. The second-order valence-electron chi connectivity index (χ2n) is 5.54. The molecule has 19 heavy (non-hydrogen) atoms. The Morgan fingerprint density at radius 3 is 2.84 bits per heavy atom. The molecule has 1 unspecified atom stereocenters. The SMILES string of the molecule is CC(C)CN(CCC#N)C(=O)C1Cc2ccccc21. The van der Waals surface area contributed by atoms with Crippen LogP contribution in [-0.4, -0.2) is 23.9 Å². The number of benzene rings is 1. The van der Waals surface area contributed by atoms with E-state index >= 15 is 0 Å². The molecule has 0 spiro atoms. The van der Waals surface area contributed by atoms with E-state index < -0.39 is 0 Å². The molecule has 0 saturated carbocycles. The molecular formula is C16H20N2O.